The molecule has 1 atom stereocenters. The Labute approximate surface area is 235 Å². The Morgan fingerprint density at radius 3 is 2.61 bits per heavy atom. The number of rotatable bonds is 7. The van der Waals surface area contributed by atoms with Gasteiger partial charge in [-0.05, 0) is 42.5 Å². The second-order valence-electron chi connectivity index (χ2n) is 9.32. The van der Waals surface area contributed by atoms with E-state index >= 15 is 0 Å². The van der Waals surface area contributed by atoms with Crippen molar-refractivity contribution < 1.29 is 22.7 Å². The van der Waals surface area contributed by atoms with Crippen LogP contribution in [0.15, 0.2) is 46.7 Å². The van der Waals surface area contributed by atoms with Gasteiger partial charge in [-0.2, -0.15) is 4.31 Å². The summed E-state index contributed by atoms with van der Waals surface area (Å²) in [6, 6.07) is 12.3. The molecule has 1 saturated heterocycles. The first-order chi connectivity index (χ1) is 18.3. The van der Waals surface area contributed by atoms with Gasteiger partial charge in [-0.25, -0.2) is 13.2 Å². The SMILES string of the molecule is COC(=O)c1c(NC(=O)C2CCCCN2S(=O)(=O)c2ccc(Cl)s2)sc2c1CCN(Cc1ccccc1)C2. The Balaban J connectivity index is 1.39. The van der Waals surface area contributed by atoms with E-state index in [9.17, 15) is 18.0 Å². The minimum absolute atomic E-state index is 0.113. The van der Waals surface area contributed by atoms with Crippen molar-refractivity contribution in [2.45, 2.75) is 49.0 Å². The fourth-order valence-corrected chi connectivity index (χ4v) is 9.59. The maximum Gasteiger partial charge on any atom is 0.341 e. The van der Waals surface area contributed by atoms with Gasteiger partial charge in [-0.3, -0.25) is 9.69 Å². The highest BCUT2D eigenvalue weighted by atomic mass is 35.5. The van der Waals surface area contributed by atoms with E-state index in [1.54, 1.807) is 0 Å². The second kappa shape index (κ2) is 11.4. The number of fused-ring (bicyclic) bond motifs is 1. The number of halogens is 1. The van der Waals surface area contributed by atoms with Crippen LogP contribution in [0.3, 0.4) is 0 Å². The minimum Gasteiger partial charge on any atom is -0.465 e. The zero-order chi connectivity index (χ0) is 26.9. The van der Waals surface area contributed by atoms with E-state index in [0.717, 1.165) is 41.3 Å². The van der Waals surface area contributed by atoms with Crippen molar-refractivity contribution in [3.05, 3.63) is 68.4 Å². The molecule has 2 aromatic heterocycles. The van der Waals surface area contributed by atoms with Crippen molar-refractivity contribution in [2.75, 3.05) is 25.5 Å². The first kappa shape index (κ1) is 27.3. The van der Waals surface area contributed by atoms with Crippen LogP contribution in [0.4, 0.5) is 5.00 Å². The van der Waals surface area contributed by atoms with Gasteiger partial charge in [0.2, 0.25) is 5.91 Å². The Kier molecular flexibility index (Phi) is 8.22. The molecular weight excluding hydrogens is 566 g/mol. The predicted octanol–water partition coefficient (Wildman–Crippen LogP) is 4.99. The van der Waals surface area contributed by atoms with Crippen molar-refractivity contribution in [1.29, 1.82) is 0 Å². The largest absolute Gasteiger partial charge is 0.465 e. The Bertz CT molecular complexity index is 1440. The average Bonchev–Trinajstić information content (AvgIpc) is 3.52. The molecule has 202 valence electrons. The molecular formula is C26H28ClN3O5S3. The van der Waals surface area contributed by atoms with Crippen molar-refractivity contribution in [1.82, 2.24) is 9.21 Å². The lowest BCUT2D eigenvalue weighted by molar-refractivity contribution is -0.120. The summed E-state index contributed by atoms with van der Waals surface area (Å²) in [6.45, 7) is 2.45. The molecule has 2 aliphatic rings. The van der Waals surface area contributed by atoms with Gasteiger partial charge < -0.3 is 10.1 Å². The number of thiophene rings is 2. The zero-order valence-corrected chi connectivity index (χ0v) is 24.0. The third kappa shape index (κ3) is 5.54. The molecule has 5 rings (SSSR count). The summed E-state index contributed by atoms with van der Waals surface area (Å²) in [5, 5.41) is 3.32. The summed E-state index contributed by atoms with van der Waals surface area (Å²) in [5.41, 5.74) is 2.47. The summed E-state index contributed by atoms with van der Waals surface area (Å²) in [6.07, 6.45) is 2.45. The number of hydrogen-bond acceptors (Lipinski definition) is 8. The number of hydrogen-bond donors (Lipinski definition) is 1. The number of nitrogens with one attached hydrogen (secondary N) is 1. The van der Waals surface area contributed by atoms with Gasteiger partial charge in [0.05, 0.1) is 17.0 Å². The van der Waals surface area contributed by atoms with Gasteiger partial charge >= 0.3 is 5.97 Å². The molecule has 1 amide bonds. The number of carbonyl (C=O) groups is 2. The molecule has 0 aliphatic carbocycles. The monoisotopic (exact) mass is 593 g/mol. The molecule has 38 heavy (non-hydrogen) atoms. The smallest absolute Gasteiger partial charge is 0.341 e. The van der Waals surface area contributed by atoms with Gasteiger partial charge in [-0.15, -0.1) is 22.7 Å². The van der Waals surface area contributed by atoms with Crippen LogP contribution in [0.2, 0.25) is 4.34 Å². The van der Waals surface area contributed by atoms with E-state index in [4.69, 9.17) is 16.3 Å². The highest BCUT2D eigenvalue weighted by Gasteiger charge is 2.39. The molecule has 0 radical (unpaired) electrons. The zero-order valence-electron chi connectivity index (χ0n) is 20.8. The van der Waals surface area contributed by atoms with Crippen molar-refractivity contribution >= 4 is 61.2 Å². The molecule has 0 spiro atoms. The summed E-state index contributed by atoms with van der Waals surface area (Å²) in [5.74, 6) is -0.948. The minimum atomic E-state index is -3.89. The molecule has 12 heteroatoms. The predicted molar refractivity (Wildman–Crippen MR) is 149 cm³/mol. The number of amides is 1. The highest BCUT2D eigenvalue weighted by Crippen LogP contribution is 2.39. The van der Waals surface area contributed by atoms with Gasteiger partial charge in [0.15, 0.2) is 0 Å². The number of anilines is 1. The van der Waals surface area contributed by atoms with Crippen LogP contribution < -0.4 is 5.32 Å². The topological polar surface area (TPSA) is 96.0 Å². The van der Waals surface area contributed by atoms with Gasteiger partial charge in [0.25, 0.3) is 10.0 Å². The van der Waals surface area contributed by atoms with Crippen LogP contribution in [-0.2, 0) is 39.1 Å². The van der Waals surface area contributed by atoms with Crippen LogP contribution in [0.5, 0.6) is 0 Å². The number of ether oxygens (including phenoxy) is 1. The lowest BCUT2D eigenvalue weighted by Crippen LogP contribution is -2.49. The second-order valence-corrected chi connectivity index (χ2v) is 14.3. The summed E-state index contributed by atoms with van der Waals surface area (Å²) in [4.78, 5) is 29.7. The quantitative estimate of drug-likeness (QED) is 0.388. The Morgan fingerprint density at radius 2 is 1.89 bits per heavy atom. The van der Waals surface area contributed by atoms with Crippen LogP contribution >= 0.6 is 34.3 Å². The molecule has 2 aliphatic heterocycles. The molecule has 4 heterocycles. The summed E-state index contributed by atoms with van der Waals surface area (Å²) in [7, 11) is -2.56. The maximum absolute atomic E-state index is 13.5. The van der Waals surface area contributed by atoms with Crippen LogP contribution in [0.25, 0.3) is 0 Å². The number of piperidine rings is 1. The summed E-state index contributed by atoms with van der Waals surface area (Å²) >= 11 is 8.33. The van der Waals surface area contributed by atoms with E-state index in [0.29, 0.717) is 40.7 Å². The lowest BCUT2D eigenvalue weighted by atomic mass is 10.0. The molecule has 1 N–H and O–H groups in total. The number of benzene rings is 1. The van der Waals surface area contributed by atoms with Crippen LogP contribution in [-0.4, -0.2) is 55.7 Å². The van der Waals surface area contributed by atoms with Gasteiger partial charge in [0.1, 0.15) is 15.3 Å². The molecule has 1 fully saturated rings. The third-order valence-corrected chi connectivity index (χ3v) is 11.6. The summed E-state index contributed by atoms with van der Waals surface area (Å²) < 4.78 is 33.5. The normalized spacial score (nSPS) is 18.6. The standard InChI is InChI=1S/C26H28ClN3O5S3/c1-35-26(32)23-18-12-14-29(15-17-7-3-2-4-8-17)16-20(18)36-25(23)28-24(31)19-9-5-6-13-30(19)38(33,34)22-11-10-21(27)37-22/h2-4,7-8,10-11,19H,5-6,9,12-16H2,1H3,(H,28,31). The lowest BCUT2D eigenvalue weighted by Gasteiger charge is -2.33. The Morgan fingerprint density at radius 1 is 1.11 bits per heavy atom. The van der Waals surface area contributed by atoms with E-state index < -0.39 is 27.9 Å². The van der Waals surface area contributed by atoms with Gasteiger partial charge in [0, 0.05) is 31.1 Å². The number of sulfonamides is 1. The van der Waals surface area contributed by atoms with Crippen molar-refractivity contribution in [3.8, 4) is 0 Å². The fourth-order valence-electron chi connectivity index (χ4n) is 5.04. The van der Waals surface area contributed by atoms with E-state index in [-0.39, 0.29) is 10.8 Å². The van der Waals surface area contributed by atoms with E-state index in [1.807, 2.05) is 18.2 Å². The number of nitrogens with zero attached hydrogens (tertiary/aromatic N) is 2. The molecule has 8 nitrogen and oxygen atoms in total. The average molecular weight is 594 g/mol. The highest BCUT2D eigenvalue weighted by molar-refractivity contribution is 7.91. The number of esters is 1. The molecule has 0 bridgehead atoms. The van der Waals surface area contributed by atoms with Crippen molar-refractivity contribution in [2.24, 2.45) is 0 Å². The first-order valence-corrected chi connectivity index (χ1v) is 15.8. The van der Waals surface area contributed by atoms with E-state index in [1.165, 1.54) is 40.4 Å². The van der Waals surface area contributed by atoms with Crippen LogP contribution in [0.1, 0.15) is 45.6 Å². The molecule has 1 aromatic carbocycles. The number of carbonyl (C=O) groups excluding carboxylic acids is 2. The first-order valence-electron chi connectivity index (χ1n) is 12.3. The number of methoxy groups -OCH3 is 1. The van der Waals surface area contributed by atoms with Gasteiger partial charge in [-0.1, -0.05) is 48.4 Å². The third-order valence-electron chi connectivity index (χ3n) is 6.88. The van der Waals surface area contributed by atoms with Crippen molar-refractivity contribution in [3.63, 3.8) is 0 Å². The van der Waals surface area contributed by atoms with Crippen LogP contribution in [0, 0.1) is 0 Å². The maximum atomic E-state index is 13.5. The molecule has 1 unspecified atom stereocenters. The molecule has 0 saturated carbocycles. The fraction of sp³-hybridized carbons (Fsp3) is 0.385. The van der Waals surface area contributed by atoms with E-state index in [2.05, 4.69) is 22.3 Å². The molecule has 3 aromatic rings. The Hall–Kier alpha value is -2.28.